The van der Waals surface area contributed by atoms with E-state index < -0.39 is 29.8 Å². The van der Waals surface area contributed by atoms with Crippen LogP contribution in [0.25, 0.3) is 0 Å². The van der Waals surface area contributed by atoms with E-state index in [9.17, 15) is 4.79 Å². The highest BCUT2D eigenvalue weighted by Gasteiger charge is 2.55. The molecule has 0 bridgehead atoms. The molecule has 0 aromatic heterocycles. The van der Waals surface area contributed by atoms with E-state index in [-0.39, 0.29) is 6.61 Å². The van der Waals surface area contributed by atoms with Crippen LogP contribution in [0.15, 0.2) is 60.7 Å². The van der Waals surface area contributed by atoms with Gasteiger partial charge >= 0.3 is 5.97 Å². The van der Waals surface area contributed by atoms with Gasteiger partial charge in [-0.3, -0.25) is 4.79 Å². The van der Waals surface area contributed by atoms with Crippen LogP contribution in [0.4, 0.5) is 0 Å². The Balaban J connectivity index is 1.74. The van der Waals surface area contributed by atoms with Gasteiger partial charge in [0.2, 0.25) is 0 Å². The second-order valence-electron chi connectivity index (χ2n) is 7.27. The summed E-state index contributed by atoms with van der Waals surface area (Å²) in [6.45, 7) is 4.44. The number of hydrogen-bond donors (Lipinski definition) is 0. The lowest BCUT2D eigenvalue weighted by molar-refractivity contribution is -0.161. The molecule has 29 heavy (non-hydrogen) atoms. The van der Waals surface area contributed by atoms with E-state index in [0.29, 0.717) is 19.6 Å². The fourth-order valence-corrected chi connectivity index (χ4v) is 3.62. The first kappa shape index (κ1) is 21.6. The number of carbonyl (C=O) groups is 1. The van der Waals surface area contributed by atoms with Crippen molar-refractivity contribution in [1.82, 2.24) is 0 Å². The molecule has 1 heterocycles. The molecule has 1 aliphatic heterocycles. The quantitative estimate of drug-likeness (QED) is 0.482. The highest BCUT2D eigenvalue weighted by molar-refractivity contribution is 6.11. The van der Waals surface area contributed by atoms with Gasteiger partial charge in [-0.2, -0.15) is 0 Å². The highest BCUT2D eigenvalue weighted by Crippen LogP contribution is 2.38. The SMILES string of the molecule is [B]C1OC(CC)(COCc2ccccc2)C(OCc2ccccc2)C1OC(C)=O. The molecule has 0 N–H and O–H groups in total. The van der Waals surface area contributed by atoms with Crippen LogP contribution in [0.3, 0.4) is 0 Å². The largest absolute Gasteiger partial charge is 0.458 e. The van der Waals surface area contributed by atoms with Gasteiger partial charge in [0.15, 0.2) is 0 Å². The molecular weight excluding hydrogens is 367 g/mol. The summed E-state index contributed by atoms with van der Waals surface area (Å²) < 4.78 is 23.8. The third-order valence-electron chi connectivity index (χ3n) is 5.14. The Labute approximate surface area is 173 Å². The van der Waals surface area contributed by atoms with E-state index in [4.69, 9.17) is 26.8 Å². The molecule has 4 atom stereocenters. The molecule has 2 aromatic rings. The number of carbonyl (C=O) groups excluding carboxylic acids is 1. The fourth-order valence-electron chi connectivity index (χ4n) is 3.62. The van der Waals surface area contributed by atoms with Crippen molar-refractivity contribution in [2.75, 3.05) is 6.61 Å². The molecule has 5 nitrogen and oxygen atoms in total. The summed E-state index contributed by atoms with van der Waals surface area (Å²) in [5.41, 5.74) is 1.28. The smallest absolute Gasteiger partial charge is 0.303 e. The van der Waals surface area contributed by atoms with Crippen molar-refractivity contribution in [3.05, 3.63) is 71.8 Å². The Kier molecular flexibility index (Phi) is 7.48. The van der Waals surface area contributed by atoms with Gasteiger partial charge in [0.05, 0.1) is 25.8 Å². The topological polar surface area (TPSA) is 54.0 Å². The molecule has 1 saturated heterocycles. The molecule has 0 amide bonds. The molecular formula is C23H27BO5. The molecule has 1 fully saturated rings. The Bertz CT molecular complexity index is 769. The van der Waals surface area contributed by atoms with Crippen molar-refractivity contribution in [2.24, 2.45) is 0 Å². The van der Waals surface area contributed by atoms with Gasteiger partial charge in [0.25, 0.3) is 0 Å². The first-order chi connectivity index (χ1) is 14.0. The molecule has 0 spiro atoms. The van der Waals surface area contributed by atoms with E-state index in [0.717, 1.165) is 11.1 Å². The second-order valence-corrected chi connectivity index (χ2v) is 7.27. The third kappa shape index (κ3) is 5.47. The van der Waals surface area contributed by atoms with Crippen molar-refractivity contribution in [2.45, 2.75) is 57.3 Å². The molecule has 6 heteroatoms. The molecule has 2 aromatic carbocycles. The molecule has 2 radical (unpaired) electrons. The lowest BCUT2D eigenvalue weighted by Gasteiger charge is -2.34. The van der Waals surface area contributed by atoms with E-state index in [1.807, 2.05) is 67.6 Å². The van der Waals surface area contributed by atoms with E-state index in [2.05, 4.69) is 0 Å². The zero-order valence-electron chi connectivity index (χ0n) is 17.0. The number of rotatable bonds is 9. The Morgan fingerprint density at radius 2 is 1.62 bits per heavy atom. The van der Waals surface area contributed by atoms with Gasteiger partial charge in [0, 0.05) is 6.92 Å². The van der Waals surface area contributed by atoms with Gasteiger partial charge in [-0.15, -0.1) is 0 Å². The Hall–Kier alpha value is -2.15. The van der Waals surface area contributed by atoms with Crippen molar-refractivity contribution in [1.29, 1.82) is 0 Å². The first-order valence-corrected chi connectivity index (χ1v) is 9.92. The Morgan fingerprint density at radius 3 is 2.17 bits per heavy atom. The zero-order chi connectivity index (χ0) is 20.7. The van der Waals surface area contributed by atoms with E-state index in [1.54, 1.807) is 0 Å². The van der Waals surface area contributed by atoms with Crippen molar-refractivity contribution >= 4 is 13.8 Å². The van der Waals surface area contributed by atoms with E-state index in [1.165, 1.54) is 6.92 Å². The van der Waals surface area contributed by atoms with Crippen molar-refractivity contribution in [3.8, 4) is 0 Å². The van der Waals surface area contributed by atoms with Gasteiger partial charge in [-0.05, 0) is 17.5 Å². The maximum atomic E-state index is 11.6. The van der Waals surface area contributed by atoms with Gasteiger partial charge in [0.1, 0.15) is 25.7 Å². The van der Waals surface area contributed by atoms with Crippen LogP contribution < -0.4 is 0 Å². The lowest BCUT2D eigenvalue weighted by Crippen LogP contribution is -2.49. The standard InChI is InChI=1S/C23H27BO5/c1-3-23(16-26-14-18-10-6-4-7-11-18)21(20(22(24)29-23)28-17(2)25)27-15-19-12-8-5-9-13-19/h4-13,20-22H,3,14-16H2,1-2H3. The van der Waals surface area contributed by atoms with Crippen LogP contribution in [0, 0.1) is 0 Å². The summed E-state index contributed by atoms with van der Waals surface area (Å²) in [4.78, 5) is 11.6. The van der Waals surface area contributed by atoms with Crippen LogP contribution in [0.5, 0.6) is 0 Å². The van der Waals surface area contributed by atoms with Crippen LogP contribution in [-0.4, -0.2) is 44.2 Å². The van der Waals surface area contributed by atoms with Crippen LogP contribution in [0.2, 0.25) is 0 Å². The molecule has 0 saturated carbocycles. The van der Waals surface area contributed by atoms with Gasteiger partial charge in [-0.25, -0.2) is 0 Å². The average Bonchev–Trinajstić information content (AvgIpc) is 2.99. The maximum Gasteiger partial charge on any atom is 0.303 e. The summed E-state index contributed by atoms with van der Waals surface area (Å²) in [5, 5.41) is 0. The van der Waals surface area contributed by atoms with Crippen LogP contribution in [0.1, 0.15) is 31.4 Å². The minimum Gasteiger partial charge on any atom is -0.458 e. The number of esters is 1. The van der Waals surface area contributed by atoms with Gasteiger partial charge in [-0.1, -0.05) is 67.6 Å². The van der Waals surface area contributed by atoms with E-state index >= 15 is 0 Å². The van der Waals surface area contributed by atoms with Gasteiger partial charge < -0.3 is 18.9 Å². The minimum absolute atomic E-state index is 0.281. The molecule has 3 rings (SSSR count). The molecule has 4 unspecified atom stereocenters. The Morgan fingerprint density at radius 1 is 1.03 bits per heavy atom. The normalized spacial score (nSPS) is 26.3. The summed E-state index contributed by atoms with van der Waals surface area (Å²) in [5.74, 6) is -0.417. The van der Waals surface area contributed by atoms with Crippen LogP contribution in [-0.2, 0) is 37.0 Å². The predicted molar refractivity (Wildman–Crippen MR) is 110 cm³/mol. The summed E-state index contributed by atoms with van der Waals surface area (Å²) in [6.07, 6.45) is -0.633. The van der Waals surface area contributed by atoms with Crippen molar-refractivity contribution in [3.63, 3.8) is 0 Å². The fraction of sp³-hybridized carbons (Fsp3) is 0.435. The van der Waals surface area contributed by atoms with Crippen molar-refractivity contribution < 1.29 is 23.7 Å². The molecule has 0 aliphatic carbocycles. The summed E-state index contributed by atoms with van der Waals surface area (Å²) in [6, 6.07) is 19.0. The third-order valence-corrected chi connectivity index (χ3v) is 5.14. The highest BCUT2D eigenvalue weighted by atomic mass is 16.6. The number of benzene rings is 2. The molecule has 152 valence electrons. The lowest BCUT2D eigenvalue weighted by atomic mass is 9.87. The number of ether oxygens (including phenoxy) is 4. The summed E-state index contributed by atoms with van der Waals surface area (Å²) >= 11 is 0. The minimum atomic E-state index is -0.802. The van der Waals surface area contributed by atoms with Crippen LogP contribution >= 0.6 is 0 Å². The molecule has 1 aliphatic rings. The monoisotopic (exact) mass is 394 g/mol. The zero-order valence-corrected chi connectivity index (χ0v) is 17.0. The second kappa shape index (κ2) is 10.1. The number of hydrogen-bond acceptors (Lipinski definition) is 5. The average molecular weight is 394 g/mol. The maximum absolute atomic E-state index is 11.6. The predicted octanol–water partition coefficient (Wildman–Crippen LogP) is 3.39. The summed E-state index contributed by atoms with van der Waals surface area (Å²) in [7, 11) is 6.19. The first-order valence-electron chi connectivity index (χ1n) is 9.92.